The summed E-state index contributed by atoms with van der Waals surface area (Å²) in [7, 11) is 0. The fraction of sp³-hybridized carbons (Fsp3) is 0.278. The number of nitrogens with one attached hydrogen (secondary N) is 1. The van der Waals surface area contributed by atoms with Crippen LogP contribution in [0.3, 0.4) is 0 Å². The maximum absolute atomic E-state index is 12.3. The van der Waals surface area contributed by atoms with Gasteiger partial charge in [-0.3, -0.25) is 9.36 Å². The van der Waals surface area contributed by atoms with E-state index in [1.54, 1.807) is 0 Å². The summed E-state index contributed by atoms with van der Waals surface area (Å²) in [5.41, 5.74) is 1.85. The molecule has 0 fully saturated rings. The van der Waals surface area contributed by atoms with Gasteiger partial charge in [-0.2, -0.15) is 0 Å². The topological polar surface area (TPSA) is 73.0 Å². The number of anilines is 1. The average molecular weight is 435 g/mol. The van der Waals surface area contributed by atoms with Crippen molar-refractivity contribution in [3.8, 4) is 11.6 Å². The third kappa shape index (κ3) is 4.19. The fourth-order valence-corrected chi connectivity index (χ4v) is 3.65. The predicted octanol–water partition coefficient (Wildman–Crippen LogP) is 4.92. The van der Waals surface area contributed by atoms with Gasteiger partial charge in [-0.05, 0) is 60.5 Å². The number of carbonyl (C=O) groups is 1. The van der Waals surface area contributed by atoms with Crippen LogP contribution in [0.4, 0.5) is 5.69 Å². The van der Waals surface area contributed by atoms with Crippen LogP contribution >= 0.6 is 27.7 Å². The van der Waals surface area contributed by atoms with E-state index in [1.807, 2.05) is 61.7 Å². The molecule has 0 saturated heterocycles. The standard InChI is InChI=1S/C18H19BrN4O2S/c1-11(2)23-17(14-8-9-15(19)25-14)21-22-18(23)26-10-16(24)20-13-7-5-4-6-12(13)3/h4-9,11H,10H2,1-3H3,(H,20,24). The van der Waals surface area contributed by atoms with Crippen LogP contribution in [0, 0.1) is 6.92 Å². The summed E-state index contributed by atoms with van der Waals surface area (Å²) < 4.78 is 8.20. The summed E-state index contributed by atoms with van der Waals surface area (Å²) in [6, 6.07) is 11.5. The van der Waals surface area contributed by atoms with Crippen LogP contribution in [0.1, 0.15) is 25.5 Å². The highest BCUT2D eigenvalue weighted by Crippen LogP contribution is 2.30. The zero-order chi connectivity index (χ0) is 18.7. The molecule has 0 spiro atoms. The van der Waals surface area contributed by atoms with Crippen molar-refractivity contribution in [2.75, 3.05) is 11.1 Å². The number of rotatable bonds is 6. The molecule has 1 amide bonds. The Bertz CT molecular complexity index is 920. The number of aryl methyl sites for hydroxylation is 1. The van der Waals surface area contributed by atoms with Crippen molar-refractivity contribution in [2.45, 2.75) is 32.0 Å². The molecule has 0 unspecified atom stereocenters. The second-order valence-corrected chi connectivity index (χ2v) is 7.75. The van der Waals surface area contributed by atoms with Crippen molar-refractivity contribution in [1.82, 2.24) is 14.8 Å². The molecule has 1 aromatic carbocycles. The number of thioether (sulfide) groups is 1. The first-order valence-electron chi connectivity index (χ1n) is 8.14. The molecule has 0 aliphatic carbocycles. The molecular formula is C18H19BrN4O2S. The van der Waals surface area contributed by atoms with E-state index in [9.17, 15) is 4.79 Å². The Kier molecular flexibility index (Phi) is 5.83. The van der Waals surface area contributed by atoms with Gasteiger partial charge in [0.05, 0.1) is 5.75 Å². The Morgan fingerprint density at radius 3 is 2.69 bits per heavy atom. The van der Waals surface area contributed by atoms with Crippen LogP contribution in [-0.2, 0) is 4.79 Å². The maximum Gasteiger partial charge on any atom is 0.234 e. The van der Waals surface area contributed by atoms with Gasteiger partial charge in [-0.15, -0.1) is 10.2 Å². The second kappa shape index (κ2) is 8.09. The molecule has 136 valence electrons. The van der Waals surface area contributed by atoms with Gasteiger partial charge in [0.2, 0.25) is 11.7 Å². The minimum absolute atomic E-state index is 0.0788. The molecule has 6 nitrogen and oxygen atoms in total. The lowest BCUT2D eigenvalue weighted by molar-refractivity contribution is -0.113. The predicted molar refractivity (Wildman–Crippen MR) is 106 cm³/mol. The fourth-order valence-electron chi connectivity index (χ4n) is 2.47. The number of hydrogen-bond donors (Lipinski definition) is 1. The summed E-state index contributed by atoms with van der Waals surface area (Å²) >= 11 is 4.66. The molecule has 2 heterocycles. The highest BCUT2D eigenvalue weighted by Gasteiger charge is 2.20. The van der Waals surface area contributed by atoms with Crippen LogP contribution < -0.4 is 5.32 Å². The quantitative estimate of drug-likeness (QED) is 0.557. The maximum atomic E-state index is 12.3. The monoisotopic (exact) mass is 434 g/mol. The minimum Gasteiger partial charge on any atom is -0.446 e. The number of furan rings is 1. The van der Waals surface area contributed by atoms with Gasteiger partial charge >= 0.3 is 0 Å². The lowest BCUT2D eigenvalue weighted by Crippen LogP contribution is -2.15. The van der Waals surface area contributed by atoms with E-state index in [0.29, 0.717) is 21.4 Å². The van der Waals surface area contributed by atoms with E-state index >= 15 is 0 Å². The van der Waals surface area contributed by atoms with Gasteiger partial charge in [0, 0.05) is 11.7 Å². The van der Waals surface area contributed by atoms with Gasteiger partial charge in [0.15, 0.2) is 15.6 Å². The van der Waals surface area contributed by atoms with Crippen LogP contribution in [0.25, 0.3) is 11.6 Å². The normalized spacial score (nSPS) is 11.1. The third-order valence-electron chi connectivity index (χ3n) is 3.73. The lowest BCUT2D eigenvalue weighted by atomic mass is 10.2. The molecule has 3 aromatic rings. The molecule has 0 atom stereocenters. The molecule has 0 radical (unpaired) electrons. The molecule has 26 heavy (non-hydrogen) atoms. The van der Waals surface area contributed by atoms with E-state index in [2.05, 4.69) is 31.4 Å². The molecular weight excluding hydrogens is 416 g/mol. The van der Waals surface area contributed by atoms with Gasteiger partial charge in [-0.1, -0.05) is 30.0 Å². The Morgan fingerprint density at radius 1 is 1.27 bits per heavy atom. The zero-order valence-corrected chi connectivity index (χ0v) is 17.1. The molecule has 0 aliphatic heterocycles. The number of halogens is 1. The van der Waals surface area contributed by atoms with E-state index in [4.69, 9.17) is 4.42 Å². The van der Waals surface area contributed by atoms with Crippen molar-refractivity contribution in [2.24, 2.45) is 0 Å². The molecule has 1 N–H and O–H groups in total. The highest BCUT2D eigenvalue weighted by atomic mass is 79.9. The largest absolute Gasteiger partial charge is 0.446 e. The third-order valence-corrected chi connectivity index (χ3v) is 5.10. The van der Waals surface area contributed by atoms with E-state index < -0.39 is 0 Å². The van der Waals surface area contributed by atoms with Crippen molar-refractivity contribution >= 4 is 39.3 Å². The number of para-hydroxylation sites is 1. The first-order valence-corrected chi connectivity index (χ1v) is 9.92. The van der Waals surface area contributed by atoms with E-state index in [-0.39, 0.29) is 17.7 Å². The van der Waals surface area contributed by atoms with Crippen LogP contribution in [0.5, 0.6) is 0 Å². The van der Waals surface area contributed by atoms with Gasteiger partial charge in [0.25, 0.3) is 0 Å². The summed E-state index contributed by atoms with van der Waals surface area (Å²) in [5.74, 6) is 1.45. The Morgan fingerprint density at radius 2 is 2.04 bits per heavy atom. The van der Waals surface area contributed by atoms with E-state index in [0.717, 1.165) is 11.3 Å². The van der Waals surface area contributed by atoms with Crippen LogP contribution in [-0.4, -0.2) is 26.4 Å². The van der Waals surface area contributed by atoms with Gasteiger partial charge < -0.3 is 9.73 Å². The van der Waals surface area contributed by atoms with E-state index in [1.165, 1.54) is 11.8 Å². The zero-order valence-electron chi connectivity index (χ0n) is 14.7. The molecule has 8 heteroatoms. The Labute approximate surface area is 164 Å². The highest BCUT2D eigenvalue weighted by molar-refractivity contribution is 9.10. The smallest absolute Gasteiger partial charge is 0.234 e. The molecule has 3 rings (SSSR count). The second-order valence-electron chi connectivity index (χ2n) is 6.03. The molecule has 0 bridgehead atoms. The summed E-state index contributed by atoms with van der Waals surface area (Å²) in [6.07, 6.45) is 0. The first-order chi connectivity index (χ1) is 12.5. The first kappa shape index (κ1) is 18.7. The summed E-state index contributed by atoms with van der Waals surface area (Å²) in [6.45, 7) is 6.05. The van der Waals surface area contributed by atoms with Crippen LogP contribution in [0.15, 0.2) is 50.6 Å². The van der Waals surface area contributed by atoms with Crippen molar-refractivity contribution in [1.29, 1.82) is 0 Å². The lowest BCUT2D eigenvalue weighted by Gasteiger charge is -2.12. The summed E-state index contributed by atoms with van der Waals surface area (Å²) in [4.78, 5) is 12.3. The molecule has 0 aliphatic rings. The number of aromatic nitrogens is 3. The number of hydrogen-bond acceptors (Lipinski definition) is 5. The van der Waals surface area contributed by atoms with Crippen LogP contribution in [0.2, 0.25) is 0 Å². The molecule has 2 aromatic heterocycles. The Hall–Kier alpha value is -2.06. The van der Waals surface area contributed by atoms with Crippen molar-refractivity contribution < 1.29 is 9.21 Å². The minimum atomic E-state index is -0.0788. The Balaban J connectivity index is 1.73. The number of amides is 1. The number of carbonyl (C=O) groups excluding carboxylic acids is 1. The number of nitrogens with zero attached hydrogens (tertiary/aromatic N) is 3. The molecule has 0 saturated carbocycles. The summed E-state index contributed by atoms with van der Waals surface area (Å²) in [5, 5.41) is 12.1. The van der Waals surface area contributed by atoms with Crippen molar-refractivity contribution in [3.63, 3.8) is 0 Å². The van der Waals surface area contributed by atoms with Gasteiger partial charge in [0.1, 0.15) is 0 Å². The average Bonchev–Trinajstić information content (AvgIpc) is 3.21. The SMILES string of the molecule is Cc1ccccc1NC(=O)CSc1nnc(-c2ccc(Br)o2)n1C(C)C. The van der Waals surface area contributed by atoms with Gasteiger partial charge in [-0.25, -0.2) is 0 Å². The number of benzene rings is 1. The van der Waals surface area contributed by atoms with Crippen molar-refractivity contribution in [3.05, 3.63) is 46.6 Å².